The normalized spacial score (nSPS) is 21.2. The first kappa shape index (κ1) is 13.5. The Hall–Kier alpha value is -1.46. The van der Waals surface area contributed by atoms with Gasteiger partial charge in [-0.1, -0.05) is 12.1 Å². The van der Waals surface area contributed by atoms with Crippen molar-refractivity contribution < 1.29 is 13.5 Å². The van der Waals surface area contributed by atoms with Gasteiger partial charge in [-0.15, -0.1) is 0 Å². The van der Waals surface area contributed by atoms with Crippen LogP contribution in [0.2, 0.25) is 0 Å². The minimum atomic E-state index is -0.376. The molecular formula is C15H12BrF2NO. The number of rotatable bonds is 1. The van der Waals surface area contributed by atoms with Crippen molar-refractivity contribution >= 4 is 15.9 Å². The van der Waals surface area contributed by atoms with E-state index >= 15 is 0 Å². The van der Waals surface area contributed by atoms with Crippen LogP contribution in [0, 0.1) is 11.6 Å². The maximum absolute atomic E-state index is 13.6. The molecule has 0 spiro atoms. The summed E-state index contributed by atoms with van der Waals surface area (Å²) in [6, 6.07) is 8.86. The summed E-state index contributed by atoms with van der Waals surface area (Å²) in [6.45, 7) is 0. The van der Waals surface area contributed by atoms with Gasteiger partial charge in [-0.2, -0.15) is 0 Å². The van der Waals surface area contributed by atoms with E-state index in [2.05, 4.69) is 15.9 Å². The van der Waals surface area contributed by atoms with E-state index in [0.29, 0.717) is 22.2 Å². The summed E-state index contributed by atoms with van der Waals surface area (Å²) in [7, 11) is 0. The SMILES string of the molecule is N[C@H]1CC(c2ccc(Br)c(F)c2)Oc2cc(F)ccc21. The second-order valence-corrected chi connectivity index (χ2v) is 5.66. The summed E-state index contributed by atoms with van der Waals surface area (Å²) in [4.78, 5) is 0. The first-order valence-electron chi connectivity index (χ1n) is 6.21. The quantitative estimate of drug-likeness (QED) is 0.842. The molecule has 20 heavy (non-hydrogen) atoms. The van der Waals surface area contributed by atoms with Crippen LogP contribution in [0.25, 0.3) is 0 Å². The van der Waals surface area contributed by atoms with Crippen LogP contribution >= 0.6 is 15.9 Å². The second-order valence-electron chi connectivity index (χ2n) is 4.80. The molecule has 104 valence electrons. The van der Waals surface area contributed by atoms with Gasteiger partial charge in [-0.25, -0.2) is 8.78 Å². The zero-order valence-corrected chi connectivity index (χ0v) is 12.0. The van der Waals surface area contributed by atoms with E-state index < -0.39 is 0 Å². The number of nitrogens with two attached hydrogens (primary N) is 1. The van der Waals surface area contributed by atoms with Gasteiger partial charge in [0.15, 0.2) is 0 Å². The lowest BCUT2D eigenvalue weighted by Crippen LogP contribution is -2.24. The fourth-order valence-corrected chi connectivity index (χ4v) is 2.64. The third-order valence-electron chi connectivity index (χ3n) is 3.43. The lowest BCUT2D eigenvalue weighted by molar-refractivity contribution is 0.160. The van der Waals surface area contributed by atoms with Crippen LogP contribution < -0.4 is 10.5 Å². The van der Waals surface area contributed by atoms with Crippen LogP contribution in [0.5, 0.6) is 5.75 Å². The summed E-state index contributed by atoms with van der Waals surface area (Å²) in [5, 5.41) is 0. The predicted octanol–water partition coefficient (Wildman–Crippen LogP) is 4.25. The molecule has 2 aromatic rings. The maximum atomic E-state index is 13.6. The molecule has 0 saturated heterocycles. The molecule has 0 bridgehead atoms. The Bertz CT molecular complexity index is 662. The summed E-state index contributed by atoms with van der Waals surface area (Å²) < 4.78 is 33.0. The molecule has 0 aliphatic carbocycles. The molecule has 0 amide bonds. The molecule has 5 heteroatoms. The minimum absolute atomic E-state index is 0.254. The highest BCUT2D eigenvalue weighted by atomic mass is 79.9. The van der Waals surface area contributed by atoms with Gasteiger partial charge < -0.3 is 10.5 Å². The Kier molecular flexibility index (Phi) is 3.48. The smallest absolute Gasteiger partial charge is 0.137 e. The van der Waals surface area contributed by atoms with Crippen molar-refractivity contribution in [2.75, 3.05) is 0 Å². The number of hydrogen-bond acceptors (Lipinski definition) is 2. The monoisotopic (exact) mass is 339 g/mol. The van der Waals surface area contributed by atoms with Crippen molar-refractivity contribution in [2.24, 2.45) is 5.73 Å². The van der Waals surface area contributed by atoms with E-state index in [0.717, 1.165) is 5.56 Å². The van der Waals surface area contributed by atoms with E-state index in [1.165, 1.54) is 18.2 Å². The molecule has 1 heterocycles. The van der Waals surface area contributed by atoms with E-state index in [1.807, 2.05) is 0 Å². The van der Waals surface area contributed by atoms with E-state index in [1.54, 1.807) is 18.2 Å². The lowest BCUT2D eigenvalue weighted by atomic mass is 9.93. The number of hydrogen-bond donors (Lipinski definition) is 1. The highest BCUT2D eigenvalue weighted by molar-refractivity contribution is 9.10. The average molecular weight is 340 g/mol. The fourth-order valence-electron chi connectivity index (χ4n) is 2.39. The van der Waals surface area contributed by atoms with Crippen LogP contribution in [0.4, 0.5) is 8.78 Å². The van der Waals surface area contributed by atoms with Gasteiger partial charge in [0.2, 0.25) is 0 Å². The van der Waals surface area contributed by atoms with Gasteiger partial charge in [-0.3, -0.25) is 0 Å². The zero-order chi connectivity index (χ0) is 14.3. The average Bonchev–Trinajstić information content (AvgIpc) is 2.41. The second kappa shape index (κ2) is 5.14. The third kappa shape index (κ3) is 2.43. The van der Waals surface area contributed by atoms with Crippen LogP contribution in [-0.2, 0) is 0 Å². The van der Waals surface area contributed by atoms with Gasteiger partial charge in [0.1, 0.15) is 23.5 Å². The molecule has 2 aromatic carbocycles. The largest absolute Gasteiger partial charge is 0.485 e. The molecule has 0 radical (unpaired) electrons. The number of ether oxygens (including phenoxy) is 1. The molecule has 0 fully saturated rings. The predicted molar refractivity (Wildman–Crippen MR) is 75.4 cm³/mol. The van der Waals surface area contributed by atoms with E-state index in [-0.39, 0.29) is 23.8 Å². The highest BCUT2D eigenvalue weighted by Gasteiger charge is 2.27. The first-order valence-corrected chi connectivity index (χ1v) is 7.00. The maximum Gasteiger partial charge on any atom is 0.137 e. The number of benzene rings is 2. The van der Waals surface area contributed by atoms with Crippen LogP contribution in [0.15, 0.2) is 40.9 Å². The van der Waals surface area contributed by atoms with Crippen LogP contribution in [0.3, 0.4) is 0 Å². The summed E-state index contributed by atoms with van der Waals surface area (Å²) in [5.41, 5.74) is 7.56. The molecular weight excluding hydrogens is 328 g/mol. The van der Waals surface area contributed by atoms with Crippen LogP contribution in [-0.4, -0.2) is 0 Å². The van der Waals surface area contributed by atoms with Crippen molar-refractivity contribution in [1.29, 1.82) is 0 Å². The lowest BCUT2D eigenvalue weighted by Gasteiger charge is -2.30. The van der Waals surface area contributed by atoms with Crippen molar-refractivity contribution in [3.8, 4) is 5.75 Å². The van der Waals surface area contributed by atoms with Crippen molar-refractivity contribution in [3.05, 3.63) is 63.6 Å². The Balaban J connectivity index is 1.96. The van der Waals surface area contributed by atoms with Gasteiger partial charge in [0.05, 0.1) is 4.47 Å². The van der Waals surface area contributed by atoms with Gasteiger partial charge in [-0.05, 0) is 39.7 Å². The summed E-state index contributed by atoms with van der Waals surface area (Å²) in [6.07, 6.45) is 0.154. The van der Waals surface area contributed by atoms with E-state index in [9.17, 15) is 8.78 Å². The first-order chi connectivity index (χ1) is 9.54. The Morgan fingerprint density at radius 2 is 1.95 bits per heavy atom. The number of halogens is 3. The summed E-state index contributed by atoms with van der Waals surface area (Å²) >= 11 is 3.11. The zero-order valence-electron chi connectivity index (χ0n) is 10.4. The van der Waals surface area contributed by atoms with Crippen molar-refractivity contribution in [2.45, 2.75) is 18.6 Å². The third-order valence-corrected chi connectivity index (χ3v) is 4.07. The van der Waals surface area contributed by atoms with Gasteiger partial charge in [0, 0.05) is 24.1 Å². The van der Waals surface area contributed by atoms with E-state index in [4.69, 9.17) is 10.5 Å². The molecule has 0 saturated carbocycles. The molecule has 0 aromatic heterocycles. The molecule has 1 aliphatic rings. The van der Waals surface area contributed by atoms with Crippen molar-refractivity contribution in [3.63, 3.8) is 0 Å². The minimum Gasteiger partial charge on any atom is -0.485 e. The van der Waals surface area contributed by atoms with Crippen molar-refractivity contribution in [1.82, 2.24) is 0 Å². The highest BCUT2D eigenvalue weighted by Crippen LogP contribution is 2.40. The van der Waals surface area contributed by atoms with Gasteiger partial charge in [0.25, 0.3) is 0 Å². The van der Waals surface area contributed by atoms with Crippen LogP contribution in [0.1, 0.15) is 29.7 Å². The Morgan fingerprint density at radius 1 is 1.15 bits per heavy atom. The molecule has 2 atom stereocenters. The standard InChI is InChI=1S/C15H12BrF2NO/c16-11-4-1-8(5-12(11)18)14-7-13(19)10-3-2-9(17)6-15(10)20-14/h1-6,13-14H,7,19H2/t13-,14?/m0/s1. The fraction of sp³-hybridized carbons (Fsp3) is 0.200. The summed E-state index contributed by atoms with van der Waals surface area (Å²) in [5.74, 6) is -0.305. The topological polar surface area (TPSA) is 35.2 Å². The van der Waals surface area contributed by atoms with Gasteiger partial charge >= 0.3 is 0 Å². The Labute approximate surface area is 123 Å². The molecule has 3 rings (SSSR count). The molecule has 2 N–H and O–H groups in total. The molecule has 1 aliphatic heterocycles. The number of fused-ring (bicyclic) bond motifs is 1. The Morgan fingerprint density at radius 3 is 2.70 bits per heavy atom. The molecule has 1 unspecified atom stereocenters. The molecule has 2 nitrogen and oxygen atoms in total.